The zero-order valence-electron chi connectivity index (χ0n) is 11.5. The number of anilines is 1. The minimum atomic E-state index is -4.50. The predicted octanol–water partition coefficient (Wildman–Crippen LogP) is 3.26. The summed E-state index contributed by atoms with van der Waals surface area (Å²) in [4.78, 5) is 13.2. The molecule has 0 fully saturated rings. The van der Waals surface area contributed by atoms with Crippen LogP contribution in [0.3, 0.4) is 0 Å². The molecule has 3 rings (SSSR count). The number of carbonyl (C=O) groups is 1. The molecule has 2 aromatic rings. The number of halogens is 3. The first-order chi connectivity index (χ1) is 10.4. The molecule has 1 heterocycles. The lowest BCUT2D eigenvalue weighted by molar-refractivity contribution is -0.133. The van der Waals surface area contributed by atoms with Crippen LogP contribution in [0.4, 0.5) is 18.9 Å². The van der Waals surface area contributed by atoms with E-state index in [2.05, 4.69) is 0 Å². The lowest BCUT2D eigenvalue weighted by Gasteiger charge is -2.25. The first kappa shape index (κ1) is 14.6. The molecule has 2 aromatic carbocycles. The van der Waals surface area contributed by atoms with Crippen LogP contribution in [-0.2, 0) is 4.79 Å². The zero-order chi connectivity index (χ0) is 15.9. The molecule has 3 nitrogen and oxygen atoms in total. The Morgan fingerprint density at radius 2 is 1.59 bits per heavy atom. The fourth-order valence-electron chi connectivity index (χ4n) is 2.71. The number of rotatable bonds is 1. The molecule has 0 saturated heterocycles. The van der Waals surface area contributed by atoms with Gasteiger partial charge in [-0.15, -0.1) is 0 Å². The van der Waals surface area contributed by atoms with Crippen molar-refractivity contribution in [2.75, 3.05) is 11.4 Å². The standard InChI is InChI=1S/C16H13F3N2O/c17-16(18,19)9-21-13-8-4-3-6-11(13)10-5-1-2-7-12(10)14(20)15(21)22/h1-8,14H,9,20H2/t14-/m0/s1. The molecule has 0 saturated carbocycles. The van der Waals surface area contributed by atoms with E-state index < -0.39 is 24.7 Å². The number of hydrogen-bond donors (Lipinski definition) is 1. The van der Waals surface area contributed by atoms with Gasteiger partial charge in [0.1, 0.15) is 12.6 Å². The van der Waals surface area contributed by atoms with Gasteiger partial charge in [0.15, 0.2) is 0 Å². The van der Waals surface area contributed by atoms with Gasteiger partial charge in [0.25, 0.3) is 0 Å². The lowest BCUT2D eigenvalue weighted by atomic mass is 9.96. The molecule has 0 unspecified atom stereocenters. The number of alkyl halides is 3. The van der Waals surface area contributed by atoms with Gasteiger partial charge >= 0.3 is 6.18 Å². The Hall–Kier alpha value is -2.34. The van der Waals surface area contributed by atoms with Crippen molar-refractivity contribution in [2.24, 2.45) is 5.73 Å². The van der Waals surface area contributed by atoms with Gasteiger partial charge in [-0.2, -0.15) is 13.2 Å². The van der Waals surface area contributed by atoms with Crippen LogP contribution in [0.25, 0.3) is 11.1 Å². The maximum atomic E-state index is 12.9. The highest BCUT2D eigenvalue weighted by Gasteiger charge is 2.38. The highest BCUT2D eigenvalue weighted by molar-refractivity contribution is 6.04. The Kier molecular flexibility index (Phi) is 3.41. The van der Waals surface area contributed by atoms with E-state index in [1.54, 1.807) is 42.5 Å². The van der Waals surface area contributed by atoms with Crippen molar-refractivity contribution in [3.63, 3.8) is 0 Å². The van der Waals surface area contributed by atoms with Crippen molar-refractivity contribution in [3.05, 3.63) is 54.1 Å². The Bertz CT molecular complexity index is 727. The molecular weight excluding hydrogens is 293 g/mol. The van der Waals surface area contributed by atoms with Gasteiger partial charge in [-0.25, -0.2) is 0 Å². The van der Waals surface area contributed by atoms with Gasteiger partial charge in [0.2, 0.25) is 5.91 Å². The molecule has 2 N–H and O–H groups in total. The third-order valence-electron chi connectivity index (χ3n) is 3.65. The zero-order valence-corrected chi connectivity index (χ0v) is 11.5. The van der Waals surface area contributed by atoms with E-state index in [-0.39, 0.29) is 5.69 Å². The van der Waals surface area contributed by atoms with E-state index in [0.29, 0.717) is 16.7 Å². The minimum absolute atomic E-state index is 0.227. The number of amides is 1. The molecule has 6 heteroatoms. The molecule has 1 aliphatic heterocycles. The third kappa shape index (κ3) is 2.46. The second kappa shape index (κ2) is 5.14. The van der Waals surface area contributed by atoms with Crippen LogP contribution in [0, 0.1) is 0 Å². The molecule has 1 amide bonds. The number of fused-ring (bicyclic) bond motifs is 3. The SMILES string of the molecule is N[C@@H]1C(=O)N(CC(F)(F)F)c2ccccc2-c2ccccc21. The normalized spacial score (nSPS) is 17.7. The fraction of sp³-hybridized carbons (Fsp3) is 0.188. The minimum Gasteiger partial charge on any atom is -0.316 e. The average Bonchev–Trinajstić information content (AvgIpc) is 2.57. The number of para-hydroxylation sites is 1. The second-order valence-corrected chi connectivity index (χ2v) is 5.12. The summed E-state index contributed by atoms with van der Waals surface area (Å²) >= 11 is 0. The summed E-state index contributed by atoms with van der Waals surface area (Å²) in [5, 5.41) is 0. The lowest BCUT2D eigenvalue weighted by Crippen LogP contribution is -2.43. The van der Waals surface area contributed by atoms with Crippen LogP contribution >= 0.6 is 0 Å². The summed E-state index contributed by atoms with van der Waals surface area (Å²) in [5.41, 5.74) is 7.94. The predicted molar refractivity (Wildman–Crippen MR) is 77.2 cm³/mol. The van der Waals surface area contributed by atoms with Crippen molar-refractivity contribution in [3.8, 4) is 11.1 Å². The van der Waals surface area contributed by atoms with Gasteiger partial charge < -0.3 is 10.6 Å². The van der Waals surface area contributed by atoms with Crippen LogP contribution in [0.5, 0.6) is 0 Å². The largest absolute Gasteiger partial charge is 0.406 e. The van der Waals surface area contributed by atoms with E-state index in [0.717, 1.165) is 4.90 Å². The van der Waals surface area contributed by atoms with E-state index in [4.69, 9.17) is 5.73 Å². The van der Waals surface area contributed by atoms with Crippen LogP contribution < -0.4 is 10.6 Å². The molecule has 1 aliphatic rings. The number of hydrogen-bond acceptors (Lipinski definition) is 2. The van der Waals surface area contributed by atoms with Gasteiger partial charge in [0.05, 0.1) is 5.69 Å². The molecular formula is C16H13F3N2O. The molecule has 114 valence electrons. The Morgan fingerprint density at radius 3 is 2.27 bits per heavy atom. The second-order valence-electron chi connectivity index (χ2n) is 5.12. The monoisotopic (exact) mass is 306 g/mol. The Morgan fingerprint density at radius 1 is 1.00 bits per heavy atom. The average molecular weight is 306 g/mol. The van der Waals surface area contributed by atoms with E-state index >= 15 is 0 Å². The highest BCUT2D eigenvalue weighted by Crippen LogP contribution is 2.40. The van der Waals surface area contributed by atoms with Crippen molar-refractivity contribution in [1.82, 2.24) is 0 Å². The third-order valence-corrected chi connectivity index (χ3v) is 3.65. The van der Waals surface area contributed by atoms with Crippen LogP contribution in [0.1, 0.15) is 11.6 Å². The topological polar surface area (TPSA) is 46.3 Å². The van der Waals surface area contributed by atoms with Crippen molar-refractivity contribution in [1.29, 1.82) is 0 Å². The van der Waals surface area contributed by atoms with Gasteiger partial charge in [-0.1, -0.05) is 42.5 Å². The fourth-order valence-corrected chi connectivity index (χ4v) is 2.71. The van der Waals surface area contributed by atoms with Crippen molar-refractivity contribution in [2.45, 2.75) is 12.2 Å². The van der Waals surface area contributed by atoms with Crippen molar-refractivity contribution < 1.29 is 18.0 Å². The first-order valence-corrected chi connectivity index (χ1v) is 6.70. The summed E-state index contributed by atoms with van der Waals surface area (Å²) < 4.78 is 38.6. The van der Waals surface area contributed by atoms with Crippen LogP contribution in [0.2, 0.25) is 0 Å². The smallest absolute Gasteiger partial charge is 0.316 e. The van der Waals surface area contributed by atoms with Gasteiger partial charge in [0, 0.05) is 5.56 Å². The molecule has 0 spiro atoms. The van der Waals surface area contributed by atoms with Gasteiger partial charge in [-0.05, 0) is 17.2 Å². The number of carbonyl (C=O) groups excluding carboxylic acids is 1. The molecule has 0 aromatic heterocycles. The van der Waals surface area contributed by atoms with Crippen LogP contribution in [0.15, 0.2) is 48.5 Å². The van der Waals surface area contributed by atoms with Crippen molar-refractivity contribution >= 4 is 11.6 Å². The van der Waals surface area contributed by atoms with Crippen LogP contribution in [-0.4, -0.2) is 18.6 Å². The van der Waals surface area contributed by atoms with Gasteiger partial charge in [-0.3, -0.25) is 4.79 Å². The molecule has 22 heavy (non-hydrogen) atoms. The molecule has 1 atom stereocenters. The summed E-state index contributed by atoms with van der Waals surface area (Å²) in [7, 11) is 0. The maximum absolute atomic E-state index is 12.9. The quantitative estimate of drug-likeness (QED) is 0.879. The maximum Gasteiger partial charge on any atom is 0.406 e. The molecule has 0 radical (unpaired) electrons. The summed E-state index contributed by atoms with van der Waals surface area (Å²) in [6, 6.07) is 12.3. The van der Waals surface area contributed by atoms with E-state index in [9.17, 15) is 18.0 Å². The highest BCUT2D eigenvalue weighted by atomic mass is 19.4. The Balaban J connectivity index is 2.23. The van der Waals surface area contributed by atoms with E-state index in [1.165, 1.54) is 6.07 Å². The van der Waals surface area contributed by atoms with E-state index in [1.807, 2.05) is 0 Å². The summed E-state index contributed by atoms with van der Waals surface area (Å²) in [6.07, 6.45) is -4.50. The summed E-state index contributed by atoms with van der Waals surface area (Å²) in [6.45, 7) is -1.36. The Labute approximate surface area is 125 Å². The molecule has 0 aliphatic carbocycles. The molecule has 0 bridgehead atoms. The number of nitrogens with two attached hydrogens (primary N) is 1. The summed E-state index contributed by atoms with van der Waals surface area (Å²) in [5.74, 6) is -0.755. The number of nitrogens with zero attached hydrogens (tertiary/aromatic N) is 1. The first-order valence-electron chi connectivity index (χ1n) is 6.70. The number of benzene rings is 2.